The highest BCUT2D eigenvalue weighted by atomic mass is 16.5. The van der Waals surface area contributed by atoms with Crippen molar-refractivity contribution in [3.8, 4) is 11.4 Å². The zero-order valence-electron chi connectivity index (χ0n) is 15.6. The van der Waals surface area contributed by atoms with Gasteiger partial charge in [-0.25, -0.2) is 9.97 Å². The van der Waals surface area contributed by atoms with Crippen LogP contribution in [0.4, 0.5) is 5.82 Å². The van der Waals surface area contributed by atoms with Crippen LogP contribution in [0.5, 0.6) is 0 Å². The molecule has 2 N–H and O–H groups in total. The van der Waals surface area contributed by atoms with Gasteiger partial charge in [-0.05, 0) is 31.1 Å². The SMILES string of the molecule is CC1(C)COC(CCc2nc(-c3cnc(C4CCCC4)nc3N)no2)C1. The van der Waals surface area contributed by atoms with E-state index in [0.717, 1.165) is 38.1 Å². The smallest absolute Gasteiger partial charge is 0.227 e. The quantitative estimate of drug-likeness (QED) is 0.874. The van der Waals surface area contributed by atoms with Crippen LogP contribution in [0.25, 0.3) is 11.4 Å². The summed E-state index contributed by atoms with van der Waals surface area (Å²) >= 11 is 0. The summed E-state index contributed by atoms with van der Waals surface area (Å²) in [6.45, 7) is 5.28. The number of hydrogen-bond donors (Lipinski definition) is 1. The van der Waals surface area contributed by atoms with E-state index in [1.54, 1.807) is 6.20 Å². The van der Waals surface area contributed by atoms with Crippen molar-refractivity contribution in [3.05, 3.63) is 17.9 Å². The van der Waals surface area contributed by atoms with E-state index in [9.17, 15) is 0 Å². The predicted octanol–water partition coefficient (Wildman–Crippen LogP) is 3.51. The largest absolute Gasteiger partial charge is 0.383 e. The lowest BCUT2D eigenvalue weighted by Crippen LogP contribution is -2.11. The van der Waals surface area contributed by atoms with Gasteiger partial charge in [-0.3, -0.25) is 0 Å². The first-order chi connectivity index (χ1) is 12.5. The number of rotatable bonds is 5. The number of anilines is 1. The van der Waals surface area contributed by atoms with Crippen molar-refractivity contribution in [3.63, 3.8) is 0 Å². The van der Waals surface area contributed by atoms with E-state index in [-0.39, 0.29) is 11.5 Å². The molecule has 0 aromatic carbocycles. The van der Waals surface area contributed by atoms with Gasteiger partial charge in [-0.15, -0.1) is 0 Å². The lowest BCUT2D eigenvalue weighted by atomic mass is 9.89. The van der Waals surface area contributed by atoms with E-state index in [1.165, 1.54) is 12.8 Å². The monoisotopic (exact) mass is 357 g/mol. The maximum absolute atomic E-state index is 6.14. The average Bonchev–Trinajstić information content (AvgIpc) is 3.33. The number of nitrogen functional groups attached to an aromatic ring is 1. The van der Waals surface area contributed by atoms with Crippen LogP contribution in [0, 0.1) is 5.41 Å². The van der Waals surface area contributed by atoms with Gasteiger partial charge in [0.25, 0.3) is 0 Å². The zero-order valence-corrected chi connectivity index (χ0v) is 15.6. The molecule has 26 heavy (non-hydrogen) atoms. The Labute approximate surface area is 153 Å². The molecule has 4 rings (SSSR count). The summed E-state index contributed by atoms with van der Waals surface area (Å²) in [5.74, 6) is 2.77. The van der Waals surface area contributed by atoms with Crippen LogP contribution in [-0.2, 0) is 11.2 Å². The Hall–Kier alpha value is -2.02. The second-order valence-corrected chi connectivity index (χ2v) is 8.36. The van der Waals surface area contributed by atoms with Gasteiger partial charge in [-0.1, -0.05) is 31.8 Å². The van der Waals surface area contributed by atoms with Crippen molar-refractivity contribution in [1.29, 1.82) is 0 Å². The third kappa shape index (κ3) is 3.72. The summed E-state index contributed by atoms with van der Waals surface area (Å²) in [7, 11) is 0. The molecule has 0 amide bonds. The zero-order chi connectivity index (χ0) is 18.1. The Kier molecular flexibility index (Phi) is 4.65. The van der Waals surface area contributed by atoms with Crippen LogP contribution >= 0.6 is 0 Å². The lowest BCUT2D eigenvalue weighted by molar-refractivity contribution is 0.0924. The standard InChI is InChI=1S/C19H27N5O2/c1-19(2)9-13(25-11-19)7-8-15-22-18(24-26-15)14-10-21-17(23-16(14)20)12-5-3-4-6-12/h10,12-13H,3-9,11H2,1-2H3,(H2,20,21,23). The maximum atomic E-state index is 6.14. The first-order valence-electron chi connectivity index (χ1n) is 9.57. The molecule has 1 unspecified atom stereocenters. The number of nitrogens with zero attached hydrogens (tertiary/aromatic N) is 4. The van der Waals surface area contributed by atoms with Gasteiger partial charge >= 0.3 is 0 Å². The third-order valence-electron chi connectivity index (χ3n) is 5.44. The minimum Gasteiger partial charge on any atom is -0.383 e. The Morgan fingerprint density at radius 1 is 1.23 bits per heavy atom. The van der Waals surface area contributed by atoms with Crippen LogP contribution in [0.3, 0.4) is 0 Å². The summed E-state index contributed by atoms with van der Waals surface area (Å²) in [6, 6.07) is 0. The molecule has 1 atom stereocenters. The minimum absolute atomic E-state index is 0.261. The molecule has 7 nitrogen and oxygen atoms in total. The topological polar surface area (TPSA) is 100.0 Å². The normalized spacial score (nSPS) is 22.9. The molecule has 0 radical (unpaired) electrons. The average molecular weight is 357 g/mol. The molecule has 2 fully saturated rings. The Morgan fingerprint density at radius 2 is 2.04 bits per heavy atom. The Bertz CT molecular complexity index is 767. The highest BCUT2D eigenvalue weighted by molar-refractivity contribution is 5.66. The van der Waals surface area contributed by atoms with Crippen LogP contribution in [0.1, 0.15) is 70.0 Å². The molecule has 1 aliphatic heterocycles. The summed E-state index contributed by atoms with van der Waals surface area (Å²) in [6.07, 6.45) is 9.42. The number of nitrogens with two attached hydrogens (primary N) is 1. The highest BCUT2D eigenvalue weighted by Crippen LogP contribution is 2.34. The van der Waals surface area contributed by atoms with Crippen LogP contribution in [0.2, 0.25) is 0 Å². The summed E-state index contributed by atoms with van der Waals surface area (Å²) in [5.41, 5.74) is 7.04. The van der Waals surface area contributed by atoms with E-state index >= 15 is 0 Å². The van der Waals surface area contributed by atoms with Gasteiger partial charge in [-0.2, -0.15) is 4.98 Å². The van der Waals surface area contributed by atoms with Gasteiger partial charge in [0.2, 0.25) is 11.7 Å². The van der Waals surface area contributed by atoms with E-state index < -0.39 is 0 Å². The first-order valence-corrected chi connectivity index (χ1v) is 9.57. The lowest BCUT2D eigenvalue weighted by Gasteiger charge is -2.13. The van der Waals surface area contributed by atoms with E-state index in [2.05, 4.69) is 34.0 Å². The van der Waals surface area contributed by atoms with Gasteiger partial charge in [0.05, 0.1) is 18.3 Å². The first kappa shape index (κ1) is 17.4. The van der Waals surface area contributed by atoms with Crippen molar-refractivity contribution >= 4 is 5.82 Å². The van der Waals surface area contributed by atoms with Crippen molar-refractivity contribution in [2.24, 2.45) is 5.41 Å². The molecule has 0 bridgehead atoms. The minimum atomic E-state index is 0.261. The van der Waals surface area contributed by atoms with Crippen LogP contribution in [0.15, 0.2) is 10.7 Å². The molecule has 7 heteroatoms. The highest BCUT2D eigenvalue weighted by Gasteiger charge is 2.32. The van der Waals surface area contributed by atoms with Gasteiger partial charge in [0.1, 0.15) is 11.6 Å². The molecule has 2 aromatic rings. The Morgan fingerprint density at radius 3 is 2.73 bits per heavy atom. The van der Waals surface area contributed by atoms with Gasteiger partial charge in [0, 0.05) is 18.5 Å². The second-order valence-electron chi connectivity index (χ2n) is 8.36. The number of aromatic nitrogens is 4. The molecule has 140 valence electrons. The van der Waals surface area contributed by atoms with E-state index in [1.807, 2.05) is 0 Å². The molecule has 1 saturated heterocycles. The van der Waals surface area contributed by atoms with Gasteiger partial charge in [0.15, 0.2) is 0 Å². The summed E-state index contributed by atoms with van der Waals surface area (Å²) < 4.78 is 11.2. The fraction of sp³-hybridized carbons (Fsp3) is 0.684. The fourth-order valence-corrected chi connectivity index (χ4v) is 3.98. The summed E-state index contributed by atoms with van der Waals surface area (Å²) in [5, 5.41) is 4.06. The van der Waals surface area contributed by atoms with Crippen molar-refractivity contribution < 1.29 is 9.26 Å². The Balaban J connectivity index is 1.41. The number of ether oxygens (including phenoxy) is 1. The van der Waals surface area contributed by atoms with Gasteiger partial charge < -0.3 is 15.0 Å². The molecular weight excluding hydrogens is 330 g/mol. The molecule has 0 spiro atoms. The molecular formula is C19H27N5O2. The molecule has 3 heterocycles. The second kappa shape index (κ2) is 6.95. The fourth-order valence-electron chi connectivity index (χ4n) is 3.98. The molecule has 1 saturated carbocycles. The molecule has 2 aliphatic rings. The van der Waals surface area contributed by atoms with E-state index in [4.69, 9.17) is 15.0 Å². The van der Waals surface area contributed by atoms with Crippen LogP contribution < -0.4 is 5.73 Å². The molecule has 2 aromatic heterocycles. The molecule has 1 aliphatic carbocycles. The summed E-state index contributed by atoms with van der Waals surface area (Å²) in [4.78, 5) is 13.5. The third-order valence-corrected chi connectivity index (χ3v) is 5.44. The van der Waals surface area contributed by atoms with Crippen LogP contribution in [-0.4, -0.2) is 32.8 Å². The van der Waals surface area contributed by atoms with Crippen molar-refractivity contribution in [2.45, 2.75) is 70.8 Å². The van der Waals surface area contributed by atoms with E-state index in [0.29, 0.717) is 35.4 Å². The van der Waals surface area contributed by atoms with Crippen molar-refractivity contribution in [2.75, 3.05) is 12.3 Å². The van der Waals surface area contributed by atoms with Crippen molar-refractivity contribution in [1.82, 2.24) is 20.1 Å². The predicted molar refractivity (Wildman–Crippen MR) is 97.4 cm³/mol. The maximum Gasteiger partial charge on any atom is 0.227 e. The number of aryl methyl sites for hydroxylation is 1. The number of hydrogen-bond acceptors (Lipinski definition) is 7.